The number of benzene rings is 2. The van der Waals surface area contributed by atoms with E-state index in [1.807, 2.05) is 42.5 Å². The number of hydrogen-bond acceptors (Lipinski definition) is 5. The zero-order valence-corrected chi connectivity index (χ0v) is 13.6. The molecule has 0 radical (unpaired) electrons. The van der Waals surface area contributed by atoms with Gasteiger partial charge >= 0.3 is 0 Å². The van der Waals surface area contributed by atoms with Gasteiger partial charge in [-0.25, -0.2) is 9.98 Å². The highest BCUT2D eigenvalue weighted by molar-refractivity contribution is 5.81. The van der Waals surface area contributed by atoms with Crippen LogP contribution in [0.5, 0.6) is 11.5 Å². The summed E-state index contributed by atoms with van der Waals surface area (Å²) in [5, 5.41) is 0. The summed E-state index contributed by atoms with van der Waals surface area (Å²) in [6.45, 7) is 0.227. The van der Waals surface area contributed by atoms with E-state index in [0.29, 0.717) is 22.6 Å². The van der Waals surface area contributed by atoms with E-state index in [9.17, 15) is 4.39 Å². The number of halogens is 1. The predicted octanol–water partition coefficient (Wildman–Crippen LogP) is 3.58. The summed E-state index contributed by atoms with van der Waals surface area (Å²) in [4.78, 5) is 8.41. The van der Waals surface area contributed by atoms with Gasteiger partial charge in [0, 0.05) is 22.9 Å². The molecule has 1 unspecified atom stereocenters. The molecular formula is C20H14FN3O2. The number of hydrogen-bond donors (Lipinski definition) is 1. The zero-order valence-electron chi connectivity index (χ0n) is 13.6. The monoisotopic (exact) mass is 347 g/mol. The third kappa shape index (κ3) is 1.95. The summed E-state index contributed by atoms with van der Waals surface area (Å²) in [6.07, 6.45) is 1.42. The van der Waals surface area contributed by atoms with Crippen LogP contribution >= 0.6 is 0 Å². The summed E-state index contributed by atoms with van der Waals surface area (Å²) in [6, 6.07) is 16.6. The van der Waals surface area contributed by atoms with Crippen molar-refractivity contribution in [2.45, 2.75) is 5.54 Å². The van der Waals surface area contributed by atoms with Crippen LogP contribution in [0.15, 0.2) is 65.8 Å². The molecule has 3 heterocycles. The SMILES string of the molecule is NC1=NC2(CO1)c1ccccc1Oc1cccc(-c3cccnc3F)c12. The van der Waals surface area contributed by atoms with Gasteiger partial charge in [-0.05, 0) is 29.8 Å². The number of fused-ring (bicyclic) bond motifs is 4. The highest BCUT2D eigenvalue weighted by Gasteiger charge is 2.48. The number of nitrogens with zero attached hydrogens (tertiary/aromatic N) is 2. The summed E-state index contributed by atoms with van der Waals surface area (Å²) in [5.74, 6) is 0.739. The van der Waals surface area contributed by atoms with Crippen molar-refractivity contribution in [1.29, 1.82) is 0 Å². The molecule has 1 atom stereocenters. The first-order valence-corrected chi connectivity index (χ1v) is 8.19. The van der Waals surface area contributed by atoms with Crippen LogP contribution in [0.1, 0.15) is 11.1 Å². The third-order valence-electron chi connectivity index (χ3n) is 4.77. The number of ether oxygens (including phenoxy) is 2. The predicted molar refractivity (Wildman–Crippen MR) is 94.5 cm³/mol. The summed E-state index contributed by atoms with van der Waals surface area (Å²) in [5.41, 5.74) is 7.60. The Labute approximate surface area is 148 Å². The highest BCUT2D eigenvalue weighted by Crippen LogP contribution is 2.53. The Morgan fingerprint density at radius 1 is 0.962 bits per heavy atom. The van der Waals surface area contributed by atoms with E-state index in [-0.39, 0.29) is 12.6 Å². The van der Waals surface area contributed by atoms with Crippen molar-refractivity contribution in [2.75, 3.05) is 6.61 Å². The van der Waals surface area contributed by atoms with E-state index in [1.165, 1.54) is 6.20 Å². The minimum atomic E-state index is -0.882. The lowest BCUT2D eigenvalue weighted by Gasteiger charge is -2.35. The molecule has 0 fully saturated rings. The van der Waals surface area contributed by atoms with E-state index in [2.05, 4.69) is 9.98 Å². The van der Waals surface area contributed by atoms with E-state index < -0.39 is 11.5 Å². The maximum absolute atomic E-state index is 14.4. The molecule has 3 aromatic rings. The Kier molecular flexibility index (Phi) is 3.03. The maximum Gasteiger partial charge on any atom is 0.283 e. The van der Waals surface area contributed by atoms with Crippen LogP contribution in [0, 0.1) is 5.95 Å². The van der Waals surface area contributed by atoms with Gasteiger partial charge in [0.05, 0.1) is 0 Å². The number of amidine groups is 1. The Hall–Kier alpha value is -3.41. The molecule has 0 saturated heterocycles. The smallest absolute Gasteiger partial charge is 0.283 e. The number of para-hydroxylation sites is 1. The van der Waals surface area contributed by atoms with Gasteiger partial charge in [0.2, 0.25) is 5.95 Å². The van der Waals surface area contributed by atoms with Gasteiger partial charge in [0.1, 0.15) is 18.1 Å². The number of pyridine rings is 1. The number of aromatic nitrogens is 1. The van der Waals surface area contributed by atoms with Crippen molar-refractivity contribution in [2.24, 2.45) is 10.7 Å². The molecule has 0 amide bonds. The molecule has 2 aliphatic rings. The van der Waals surface area contributed by atoms with E-state index >= 15 is 0 Å². The molecule has 26 heavy (non-hydrogen) atoms. The molecule has 6 heteroatoms. The van der Waals surface area contributed by atoms with Gasteiger partial charge in [0.25, 0.3) is 6.02 Å². The van der Waals surface area contributed by atoms with Gasteiger partial charge in [0.15, 0.2) is 5.54 Å². The number of nitrogens with two attached hydrogens (primary N) is 1. The Morgan fingerprint density at radius 3 is 2.58 bits per heavy atom. The lowest BCUT2D eigenvalue weighted by molar-refractivity contribution is 0.265. The third-order valence-corrected chi connectivity index (χ3v) is 4.77. The standard InChI is InChI=1S/C20H14FN3O2/c21-18-13(6-4-10-23-18)12-5-3-9-16-17(12)20(11-25-19(22)24-20)14-7-1-2-8-15(14)26-16/h1-10H,11H2,(H2,22,24). The van der Waals surface area contributed by atoms with Crippen LogP contribution in [0.2, 0.25) is 0 Å². The molecule has 0 saturated carbocycles. The summed E-state index contributed by atoms with van der Waals surface area (Å²) >= 11 is 0. The van der Waals surface area contributed by atoms with Gasteiger partial charge in [-0.15, -0.1) is 0 Å². The number of rotatable bonds is 1. The maximum atomic E-state index is 14.4. The van der Waals surface area contributed by atoms with E-state index in [4.69, 9.17) is 15.2 Å². The first-order valence-electron chi connectivity index (χ1n) is 8.19. The molecule has 2 aliphatic heterocycles. The number of aliphatic imine (C=N–C) groups is 1. The topological polar surface area (TPSA) is 69.7 Å². The zero-order chi connectivity index (χ0) is 17.7. The van der Waals surface area contributed by atoms with Crippen molar-refractivity contribution in [3.63, 3.8) is 0 Å². The van der Waals surface area contributed by atoms with Gasteiger partial charge in [-0.1, -0.05) is 30.3 Å². The van der Waals surface area contributed by atoms with Gasteiger partial charge in [-0.2, -0.15) is 4.39 Å². The lowest BCUT2D eigenvalue weighted by Crippen LogP contribution is -2.31. The normalized spacial score (nSPS) is 20.0. The van der Waals surface area contributed by atoms with Gasteiger partial charge in [-0.3, -0.25) is 0 Å². The summed E-state index contributed by atoms with van der Waals surface area (Å²) in [7, 11) is 0. The van der Waals surface area contributed by atoms with Crippen molar-refractivity contribution >= 4 is 6.02 Å². The second-order valence-corrected chi connectivity index (χ2v) is 6.22. The second-order valence-electron chi connectivity index (χ2n) is 6.22. The molecule has 1 spiro atoms. The highest BCUT2D eigenvalue weighted by atomic mass is 19.1. The van der Waals surface area contributed by atoms with Crippen LogP contribution in [0.25, 0.3) is 11.1 Å². The average Bonchev–Trinajstić information content (AvgIpc) is 3.04. The van der Waals surface area contributed by atoms with Crippen molar-refractivity contribution in [1.82, 2.24) is 4.98 Å². The molecule has 2 N–H and O–H groups in total. The lowest BCUT2D eigenvalue weighted by atomic mass is 9.78. The fraction of sp³-hybridized carbons (Fsp3) is 0.100. The van der Waals surface area contributed by atoms with E-state index in [1.54, 1.807) is 12.1 Å². The van der Waals surface area contributed by atoms with Crippen LogP contribution < -0.4 is 10.5 Å². The van der Waals surface area contributed by atoms with Crippen LogP contribution in [-0.4, -0.2) is 17.6 Å². The molecule has 1 aromatic heterocycles. The first-order chi connectivity index (χ1) is 12.7. The fourth-order valence-corrected chi connectivity index (χ4v) is 3.70. The van der Waals surface area contributed by atoms with Crippen LogP contribution in [0.4, 0.5) is 4.39 Å². The minimum absolute atomic E-state index is 0.106. The molecule has 2 aromatic carbocycles. The van der Waals surface area contributed by atoms with E-state index in [0.717, 1.165) is 11.1 Å². The van der Waals surface area contributed by atoms with Crippen molar-refractivity contribution in [3.8, 4) is 22.6 Å². The molecular weight excluding hydrogens is 333 g/mol. The van der Waals surface area contributed by atoms with Crippen LogP contribution in [-0.2, 0) is 10.3 Å². The average molecular weight is 347 g/mol. The Balaban J connectivity index is 1.86. The Bertz CT molecular complexity index is 1070. The quantitative estimate of drug-likeness (QED) is 0.683. The van der Waals surface area contributed by atoms with Crippen LogP contribution in [0.3, 0.4) is 0 Å². The molecule has 5 rings (SSSR count). The first kappa shape index (κ1) is 14.9. The molecule has 0 bridgehead atoms. The van der Waals surface area contributed by atoms with Gasteiger partial charge < -0.3 is 15.2 Å². The summed E-state index contributed by atoms with van der Waals surface area (Å²) < 4.78 is 26.1. The molecule has 128 valence electrons. The largest absolute Gasteiger partial charge is 0.462 e. The van der Waals surface area contributed by atoms with Crippen molar-refractivity contribution < 1.29 is 13.9 Å². The Morgan fingerprint density at radius 2 is 1.77 bits per heavy atom. The minimum Gasteiger partial charge on any atom is -0.462 e. The molecule has 0 aliphatic carbocycles. The molecule has 5 nitrogen and oxygen atoms in total. The second kappa shape index (κ2) is 5.29. The van der Waals surface area contributed by atoms with Crippen molar-refractivity contribution in [3.05, 3.63) is 77.9 Å². The fourth-order valence-electron chi connectivity index (χ4n) is 3.70.